The van der Waals surface area contributed by atoms with Crippen LogP contribution in [0.15, 0.2) is 34.1 Å². The number of sulfonamides is 2. The Morgan fingerprint density at radius 3 is 1.81 bits per heavy atom. The fourth-order valence-electron chi connectivity index (χ4n) is 3.40. The Morgan fingerprint density at radius 1 is 0.846 bits per heavy atom. The first-order valence-corrected chi connectivity index (χ1v) is 11.5. The van der Waals surface area contributed by atoms with E-state index in [2.05, 4.69) is 0 Å². The topological polar surface area (TPSA) is 118 Å². The maximum Gasteiger partial charge on any atom is 0.243 e. The van der Waals surface area contributed by atoms with Crippen LogP contribution in [0.5, 0.6) is 0 Å². The van der Waals surface area contributed by atoms with Crippen molar-refractivity contribution in [1.29, 1.82) is 0 Å². The molecule has 2 heterocycles. The van der Waals surface area contributed by atoms with Crippen LogP contribution in [0.3, 0.4) is 0 Å². The Labute approximate surface area is 154 Å². The molecular formula is C16H23N3O5S2. The summed E-state index contributed by atoms with van der Waals surface area (Å²) in [5.41, 5.74) is 5.31. The molecule has 2 N–H and O–H groups in total. The summed E-state index contributed by atoms with van der Waals surface area (Å²) in [6.45, 7) is 1.36. The maximum atomic E-state index is 12.8. The molecule has 26 heavy (non-hydrogen) atoms. The number of piperidine rings is 1. The number of nitrogens with two attached hydrogens (primary N) is 1. The number of benzene rings is 1. The Morgan fingerprint density at radius 2 is 1.31 bits per heavy atom. The van der Waals surface area contributed by atoms with Crippen LogP contribution in [0.2, 0.25) is 0 Å². The second-order valence-electron chi connectivity index (χ2n) is 6.69. The molecule has 2 saturated heterocycles. The first-order valence-electron chi connectivity index (χ1n) is 8.62. The standard InChI is InChI=1S/C16H23N3O5S2/c17-16(20)13-4-3-11-19(12-13)26(23,24)15-7-5-14(6-8-15)25(21,22)18-9-1-2-10-18/h5-8,13H,1-4,9-12H2,(H2,17,20)/t13-/m1/s1. The second kappa shape index (κ2) is 7.26. The van der Waals surface area contributed by atoms with Gasteiger partial charge in [0.1, 0.15) is 0 Å². The van der Waals surface area contributed by atoms with Crippen molar-refractivity contribution < 1.29 is 21.6 Å². The summed E-state index contributed by atoms with van der Waals surface area (Å²) >= 11 is 0. The molecule has 2 aliphatic rings. The number of hydrogen-bond donors (Lipinski definition) is 1. The number of carbonyl (C=O) groups excluding carboxylic acids is 1. The number of amides is 1. The van der Waals surface area contributed by atoms with Gasteiger partial charge in [0.25, 0.3) is 0 Å². The highest BCUT2D eigenvalue weighted by atomic mass is 32.2. The molecule has 1 amide bonds. The van der Waals surface area contributed by atoms with Gasteiger partial charge in [-0.3, -0.25) is 4.79 Å². The van der Waals surface area contributed by atoms with Crippen LogP contribution >= 0.6 is 0 Å². The highest BCUT2D eigenvalue weighted by molar-refractivity contribution is 7.89. The van der Waals surface area contributed by atoms with Crippen molar-refractivity contribution in [3.05, 3.63) is 24.3 Å². The van der Waals surface area contributed by atoms with Crippen molar-refractivity contribution in [3.8, 4) is 0 Å². The van der Waals surface area contributed by atoms with Crippen LogP contribution in [-0.4, -0.2) is 57.5 Å². The summed E-state index contributed by atoms with van der Waals surface area (Å²) in [4.78, 5) is 11.5. The minimum absolute atomic E-state index is 0.0167. The van der Waals surface area contributed by atoms with E-state index in [4.69, 9.17) is 5.73 Å². The van der Waals surface area contributed by atoms with Gasteiger partial charge >= 0.3 is 0 Å². The lowest BCUT2D eigenvalue weighted by atomic mass is 9.99. The van der Waals surface area contributed by atoms with Gasteiger partial charge in [0.15, 0.2) is 0 Å². The predicted molar refractivity (Wildman–Crippen MR) is 95.1 cm³/mol. The summed E-state index contributed by atoms with van der Waals surface area (Å²) < 4.78 is 53.3. The molecule has 8 nitrogen and oxygen atoms in total. The highest BCUT2D eigenvalue weighted by Gasteiger charge is 2.33. The molecule has 0 unspecified atom stereocenters. The summed E-state index contributed by atoms with van der Waals surface area (Å²) in [5, 5.41) is 0. The predicted octanol–water partition coefficient (Wildman–Crippen LogP) is 0.357. The van der Waals surface area contributed by atoms with Crippen molar-refractivity contribution in [1.82, 2.24) is 8.61 Å². The van der Waals surface area contributed by atoms with Crippen molar-refractivity contribution >= 4 is 26.0 Å². The van der Waals surface area contributed by atoms with Gasteiger partial charge < -0.3 is 5.73 Å². The first-order chi connectivity index (χ1) is 12.2. The molecule has 0 aromatic heterocycles. The van der Waals surface area contributed by atoms with Gasteiger partial charge in [-0.1, -0.05) is 0 Å². The van der Waals surface area contributed by atoms with Crippen LogP contribution in [-0.2, 0) is 24.8 Å². The molecule has 0 radical (unpaired) electrons. The summed E-state index contributed by atoms with van der Waals surface area (Å²) in [6, 6.07) is 5.28. The highest BCUT2D eigenvalue weighted by Crippen LogP contribution is 2.26. The van der Waals surface area contributed by atoms with E-state index in [1.54, 1.807) is 0 Å². The SMILES string of the molecule is NC(=O)[C@@H]1CCCN(S(=O)(=O)c2ccc(S(=O)(=O)N3CCCC3)cc2)C1. The van der Waals surface area contributed by atoms with Gasteiger partial charge in [-0.05, 0) is 49.9 Å². The van der Waals surface area contributed by atoms with Crippen LogP contribution in [0.1, 0.15) is 25.7 Å². The zero-order valence-electron chi connectivity index (χ0n) is 14.4. The maximum absolute atomic E-state index is 12.8. The molecule has 0 aliphatic carbocycles. The molecule has 1 atom stereocenters. The normalized spacial score (nSPS) is 23.2. The number of hydrogen-bond acceptors (Lipinski definition) is 5. The number of nitrogens with zero attached hydrogens (tertiary/aromatic N) is 2. The van der Waals surface area contributed by atoms with Crippen LogP contribution in [0.4, 0.5) is 0 Å². The van der Waals surface area contributed by atoms with Gasteiger partial charge in [-0.15, -0.1) is 0 Å². The molecular weight excluding hydrogens is 378 g/mol. The molecule has 1 aromatic carbocycles. The van der Waals surface area contributed by atoms with Crippen LogP contribution in [0, 0.1) is 5.92 Å². The van der Waals surface area contributed by atoms with Gasteiger partial charge in [0.05, 0.1) is 15.7 Å². The van der Waals surface area contributed by atoms with Crippen molar-refractivity contribution in [3.63, 3.8) is 0 Å². The summed E-state index contributed by atoms with van der Waals surface area (Å²) in [6.07, 6.45) is 2.81. The monoisotopic (exact) mass is 401 g/mol. The first kappa shape index (κ1) is 19.3. The molecule has 3 rings (SSSR count). The lowest BCUT2D eigenvalue weighted by molar-refractivity contribution is -0.122. The largest absolute Gasteiger partial charge is 0.369 e. The molecule has 0 bridgehead atoms. The second-order valence-corrected chi connectivity index (χ2v) is 10.6. The third-order valence-corrected chi connectivity index (χ3v) is 8.74. The van der Waals surface area contributed by atoms with Crippen molar-refractivity contribution in [2.75, 3.05) is 26.2 Å². The molecule has 0 saturated carbocycles. The minimum atomic E-state index is -3.79. The van der Waals surface area contributed by atoms with Crippen molar-refractivity contribution in [2.24, 2.45) is 11.7 Å². The average Bonchev–Trinajstić information content (AvgIpc) is 3.17. The van der Waals surface area contributed by atoms with Gasteiger partial charge in [-0.2, -0.15) is 8.61 Å². The Hall–Kier alpha value is -1.49. The third-order valence-electron chi connectivity index (χ3n) is 4.95. The lowest BCUT2D eigenvalue weighted by Crippen LogP contribution is -2.44. The van der Waals surface area contributed by atoms with E-state index >= 15 is 0 Å². The van der Waals surface area contributed by atoms with E-state index in [0.717, 1.165) is 12.8 Å². The van der Waals surface area contributed by atoms with Crippen LogP contribution < -0.4 is 5.73 Å². The summed E-state index contributed by atoms with van der Waals surface area (Å²) in [7, 11) is -7.37. The number of primary amides is 1. The molecule has 2 aliphatic heterocycles. The van der Waals surface area contributed by atoms with E-state index < -0.39 is 31.9 Å². The van der Waals surface area contributed by atoms with E-state index in [0.29, 0.717) is 32.5 Å². The fourth-order valence-corrected chi connectivity index (χ4v) is 6.44. The molecule has 10 heteroatoms. The van der Waals surface area contributed by atoms with E-state index in [1.165, 1.54) is 32.9 Å². The number of carbonyl (C=O) groups is 1. The molecule has 0 spiro atoms. The van der Waals surface area contributed by atoms with Gasteiger partial charge in [-0.25, -0.2) is 16.8 Å². The van der Waals surface area contributed by atoms with E-state index in [1.807, 2.05) is 0 Å². The Bertz CT molecular complexity index is 875. The quantitative estimate of drug-likeness (QED) is 0.764. The van der Waals surface area contributed by atoms with Gasteiger partial charge in [0, 0.05) is 26.2 Å². The molecule has 144 valence electrons. The van der Waals surface area contributed by atoms with Gasteiger partial charge in [0.2, 0.25) is 26.0 Å². The molecule has 2 fully saturated rings. The lowest BCUT2D eigenvalue weighted by Gasteiger charge is -2.30. The molecule has 1 aromatic rings. The fraction of sp³-hybridized carbons (Fsp3) is 0.562. The zero-order valence-corrected chi connectivity index (χ0v) is 16.0. The minimum Gasteiger partial charge on any atom is -0.369 e. The zero-order chi connectivity index (χ0) is 18.9. The Balaban J connectivity index is 1.82. The Kier molecular flexibility index (Phi) is 5.38. The van der Waals surface area contributed by atoms with E-state index in [-0.39, 0.29) is 16.3 Å². The van der Waals surface area contributed by atoms with Crippen molar-refractivity contribution in [2.45, 2.75) is 35.5 Å². The average molecular weight is 402 g/mol. The van der Waals surface area contributed by atoms with E-state index in [9.17, 15) is 21.6 Å². The number of rotatable bonds is 5. The smallest absolute Gasteiger partial charge is 0.243 e. The third kappa shape index (κ3) is 3.64. The summed E-state index contributed by atoms with van der Waals surface area (Å²) in [5.74, 6) is -0.995. The van der Waals surface area contributed by atoms with Crippen LogP contribution in [0.25, 0.3) is 0 Å².